The lowest BCUT2D eigenvalue weighted by Gasteiger charge is -2.38. The molecule has 2 aromatic heterocycles. The standard InChI is InChI=1S/C14H15ClF3IN4O/c1-7-4-8(24)2-3-22(7)9-5-10(15)20-11-12(9)23(21-13(11)19)6-14(16,17)18/h5,7-8,24H,2-4,6H2,1H3/t7-,8+/m1/s1. The van der Waals surface area contributed by atoms with Gasteiger partial charge in [-0.2, -0.15) is 18.3 Å². The number of alkyl halides is 3. The molecule has 0 amide bonds. The van der Waals surface area contributed by atoms with Crippen LogP contribution in [-0.2, 0) is 6.54 Å². The van der Waals surface area contributed by atoms with Gasteiger partial charge in [0.1, 0.15) is 26.4 Å². The molecule has 132 valence electrons. The van der Waals surface area contributed by atoms with Crippen molar-refractivity contribution in [3.8, 4) is 0 Å². The summed E-state index contributed by atoms with van der Waals surface area (Å²) in [5.74, 6) is 0. The molecule has 0 aliphatic carbocycles. The molecule has 10 heteroatoms. The third-order valence-corrected chi connectivity index (χ3v) is 5.01. The van der Waals surface area contributed by atoms with Gasteiger partial charge in [0.25, 0.3) is 0 Å². The number of fused-ring (bicyclic) bond motifs is 1. The van der Waals surface area contributed by atoms with Crippen LogP contribution in [0.4, 0.5) is 18.9 Å². The van der Waals surface area contributed by atoms with Gasteiger partial charge in [0, 0.05) is 18.7 Å². The van der Waals surface area contributed by atoms with E-state index in [1.165, 1.54) is 0 Å². The van der Waals surface area contributed by atoms with Gasteiger partial charge in [0.15, 0.2) is 0 Å². The molecule has 3 heterocycles. The maximum absolute atomic E-state index is 12.9. The number of anilines is 1. The Balaban J connectivity index is 2.15. The number of aliphatic hydroxyl groups is 1. The first-order valence-electron chi connectivity index (χ1n) is 7.39. The van der Waals surface area contributed by atoms with Crippen LogP contribution in [0.3, 0.4) is 0 Å². The van der Waals surface area contributed by atoms with Gasteiger partial charge in [0.2, 0.25) is 0 Å². The summed E-state index contributed by atoms with van der Waals surface area (Å²) >= 11 is 7.95. The van der Waals surface area contributed by atoms with Crippen molar-refractivity contribution in [2.75, 3.05) is 11.4 Å². The number of halogens is 5. The molecule has 0 saturated carbocycles. The molecule has 0 unspecified atom stereocenters. The Labute approximate surface area is 154 Å². The number of aromatic nitrogens is 3. The van der Waals surface area contributed by atoms with E-state index in [9.17, 15) is 18.3 Å². The Kier molecular flexibility index (Phi) is 4.86. The molecule has 3 rings (SSSR count). The Morgan fingerprint density at radius 2 is 2.17 bits per heavy atom. The number of rotatable bonds is 2. The quantitative estimate of drug-likeness (QED) is 0.534. The maximum atomic E-state index is 12.9. The maximum Gasteiger partial charge on any atom is 0.408 e. The zero-order valence-electron chi connectivity index (χ0n) is 12.7. The molecular formula is C14H15ClF3IN4O. The molecule has 1 aliphatic heterocycles. The normalized spacial score (nSPS) is 22.4. The average molecular weight is 475 g/mol. The highest BCUT2D eigenvalue weighted by atomic mass is 127. The van der Waals surface area contributed by atoms with Crippen LogP contribution in [0, 0.1) is 3.70 Å². The van der Waals surface area contributed by atoms with Crippen molar-refractivity contribution < 1.29 is 18.3 Å². The molecule has 1 fully saturated rings. The largest absolute Gasteiger partial charge is 0.408 e. The van der Waals surface area contributed by atoms with E-state index in [0.29, 0.717) is 39.8 Å². The van der Waals surface area contributed by atoms with Crippen molar-refractivity contribution in [1.29, 1.82) is 0 Å². The fourth-order valence-electron chi connectivity index (χ4n) is 3.10. The molecule has 0 spiro atoms. The van der Waals surface area contributed by atoms with Crippen LogP contribution in [0.25, 0.3) is 11.0 Å². The van der Waals surface area contributed by atoms with E-state index in [1.54, 1.807) is 6.07 Å². The fourth-order valence-corrected chi connectivity index (χ4v) is 3.93. The van der Waals surface area contributed by atoms with Gasteiger partial charge in [-0.25, -0.2) is 4.98 Å². The number of nitrogens with zero attached hydrogens (tertiary/aromatic N) is 4. The molecule has 5 nitrogen and oxygen atoms in total. The van der Waals surface area contributed by atoms with Gasteiger partial charge < -0.3 is 10.0 Å². The second-order valence-corrected chi connectivity index (χ2v) is 7.35. The predicted octanol–water partition coefficient (Wildman–Crippen LogP) is 3.60. The Bertz CT molecular complexity index is 767. The highest BCUT2D eigenvalue weighted by Crippen LogP contribution is 2.35. The van der Waals surface area contributed by atoms with E-state index in [-0.39, 0.29) is 11.2 Å². The van der Waals surface area contributed by atoms with Crippen LogP contribution < -0.4 is 4.90 Å². The summed E-state index contributed by atoms with van der Waals surface area (Å²) in [6, 6.07) is 1.55. The zero-order valence-corrected chi connectivity index (χ0v) is 15.6. The summed E-state index contributed by atoms with van der Waals surface area (Å²) in [7, 11) is 0. The first-order valence-corrected chi connectivity index (χ1v) is 8.85. The fraction of sp³-hybridized carbons (Fsp3) is 0.571. The molecule has 0 aromatic carbocycles. The van der Waals surface area contributed by atoms with Crippen LogP contribution in [0.5, 0.6) is 0 Å². The van der Waals surface area contributed by atoms with Crippen molar-refractivity contribution in [3.05, 3.63) is 14.9 Å². The van der Waals surface area contributed by atoms with Crippen LogP contribution >= 0.6 is 34.2 Å². The second kappa shape index (κ2) is 6.49. The number of pyridine rings is 1. The van der Waals surface area contributed by atoms with E-state index < -0.39 is 18.8 Å². The summed E-state index contributed by atoms with van der Waals surface area (Å²) in [6.45, 7) is 1.27. The molecule has 0 bridgehead atoms. The molecule has 2 atom stereocenters. The molecular weight excluding hydrogens is 460 g/mol. The average Bonchev–Trinajstić information content (AvgIpc) is 2.72. The Hall–Kier alpha value is -0.810. The van der Waals surface area contributed by atoms with Gasteiger partial charge >= 0.3 is 6.18 Å². The number of hydrogen-bond acceptors (Lipinski definition) is 4. The van der Waals surface area contributed by atoms with Gasteiger partial charge in [-0.15, -0.1) is 0 Å². The third kappa shape index (κ3) is 3.57. The van der Waals surface area contributed by atoms with Crippen molar-refractivity contribution >= 4 is 50.9 Å². The lowest BCUT2D eigenvalue weighted by molar-refractivity contribution is -0.141. The molecule has 2 aromatic rings. The minimum Gasteiger partial charge on any atom is -0.393 e. The van der Waals surface area contributed by atoms with Crippen LogP contribution in [0.1, 0.15) is 19.8 Å². The summed E-state index contributed by atoms with van der Waals surface area (Å²) in [5.41, 5.74) is 1.26. The first kappa shape index (κ1) is 18.0. The topological polar surface area (TPSA) is 54.2 Å². The van der Waals surface area contributed by atoms with E-state index in [1.807, 2.05) is 34.4 Å². The van der Waals surface area contributed by atoms with Crippen molar-refractivity contribution in [2.45, 2.75) is 44.6 Å². The summed E-state index contributed by atoms with van der Waals surface area (Å²) in [6.07, 6.45) is -3.69. The summed E-state index contributed by atoms with van der Waals surface area (Å²) in [5, 5.41) is 14.0. The van der Waals surface area contributed by atoms with Gasteiger partial charge in [-0.1, -0.05) is 11.6 Å². The monoisotopic (exact) mass is 474 g/mol. The van der Waals surface area contributed by atoms with Gasteiger partial charge in [-0.05, 0) is 42.4 Å². The predicted molar refractivity (Wildman–Crippen MR) is 93.4 cm³/mol. The lowest BCUT2D eigenvalue weighted by Crippen LogP contribution is -2.43. The van der Waals surface area contributed by atoms with E-state index in [2.05, 4.69) is 10.1 Å². The number of hydrogen-bond donors (Lipinski definition) is 1. The molecule has 1 N–H and O–H groups in total. The van der Waals surface area contributed by atoms with Crippen molar-refractivity contribution in [2.24, 2.45) is 0 Å². The van der Waals surface area contributed by atoms with Gasteiger partial charge in [0.05, 0.1) is 11.8 Å². The third-order valence-electron chi connectivity index (χ3n) is 4.09. The summed E-state index contributed by atoms with van der Waals surface area (Å²) < 4.78 is 40.0. The first-order chi connectivity index (χ1) is 11.2. The number of piperidine rings is 1. The second-order valence-electron chi connectivity index (χ2n) is 5.95. The van der Waals surface area contributed by atoms with Crippen molar-refractivity contribution in [3.63, 3.8) is 0 Å². The van der Waals surface area contributed by atoms with Gasteiger partial charge in [-0.3, -0.25) is 4.68 Å². The SMILES string of the molecule is C[C@@H]1C[C@@H](O)CCN1c1cc(Cl)nc2c(I)nn(CC(F)(F)F)c12. The minimum atomic E-state index is -4.39. The van der Waals surface area contributed by atoms with E-state index in [4.69, 9.17) is 11.6 Å². The summed E-state index contributed by atoms with van der Waals surface area (Å²) in [4.78, 5) is 6.12. The van der Waals surface area contributed by atoms with Crippen molar-refractivity contribution in [1.82, 2.24) is 14.8 Å². The van der Waals surface area contributed by atoms with E-state index in [0.717, 1.165) is 4.68 Å². The highest BCUT2D eigenvalue weighted by molar-refractivity contribution is 14.1. The minimum absolute atomic E-state index is 0.0256. The Morgan fingerprint density at radius 1 is 1.46 bits per heavy atom. The molecule has 1 aliphatic rings. The van der Waals surface area contributed by atoms with Crippen LogP contribution in [-0.4, -0.2) is 44.7 Å². The Morgan fingerprint density at radius 3 is 2.79 bits per heavy atom. The zero-order chi connectivity index (χ0) is 17.6. The smallest absolute Gasteiger partial charge is 0.393 e. The molecule has 0 radical (unpaired) electrons. The lowest BCUT2D eigenvalue weighted by atomic mass is 10.00. The van der Waals surface area contributed by atoms with Crippen LogP contribution in [0.2, 0.25) is 5.15 Å². The van der Waals surface area contributed by atoms with Crippen LogP contribution in [0.15, 0.2) is 6.07 Å². The van der Waals surface area contributed by atoms with E-state index >= 15 is 0 Å². The highest BCUT2D eigenvalue weighted by Gasteiger charge is 2.33. The number of aliphatic hydroxyl groups excluding tert-OH is 1. The molecule has 24 heavy (non-hydrogen) atoms. The molecule has 1 saturated heterocycles.